The lowest BCUT2D eigenvalue weighted by atomic mass is 10.2. The summed E-state index contributed by atoms with van der Waals surface area (Å²) in [5.74, 6) is 1.15. The fraction of sp³-hybridized carbons (Fsp3) is 0.400. The van der Waals surface area contributed by atoms with E-state index in [0.29, 0.717) is 18.2 Å². The van der Waals surface area contributed by atoms with Crippen molar-refractivity contribution in [1.29, 1.82) is 0 Å². The van der Waals surface area contributed by atoms with E-state index in [-0.39, 0.29) is 5.91 Å². The number of carbonyl (C=O) groups excluding carboxylic acids is 1. The number of aliphatic imine (C=N–C) groups is 2. The van der Waals surface area contributed by atoms with Crippen LogP contribution in [0.2, 0.25) is 0 Å². The maximum absolute atomic E-state index is 12.2. The van der Waals surface area contributed by atoms with Crippen molar-refractivity contribution in [2.45, 2.75) is 39.2 Å². The lowest BCUT2D eigenvalue weighted by Gasteiger charge is -2.08. The predicted octanol–water partition coefficient (Wildman–Crippen LogP) is 3.77. The maximum atomic E-state index is 12.2. The third kappa shape index (κ3) is 4.81. The molecule has 27 heavy (non-hydrogen) atoms. The summed E-state index contributed by atoms with van der Waals surface area (Å²) < 4.78 is 7.40. The van der Waals surface area contributed by atoms with Gasteiger partial charge in [-0.15, -0.1) is 0 Å². The van der Waals surface area contributed by atoms with Gasteiger partial charge in [0.05, 0.1) is 18.3 Å². The van der Waals surface area contributed by atoms with Gasteiger partial charge in [-0.3, -0.25) is 14.8 Å². The molecule has 1 fully saturated rings. The summed E-state index contributed by atoms with van der Waals surface area (Å²) in [6.45, 7) is 6.07. The first kappa shape index (κ1) is 18.8. The minimum absolute atomic E-state index is 0.0613. The zero-order valence-corrected chi connectivity index (χ0v) is 15.8. The van der Waals surface area contributed by atoms with Gasteiger partial charge in [0.15, 0.2) is 0 Å². The van der Waals surface area contributed by atoms with Crippen LogP contribution in [0.1, 0.15) is 32.6 Å². The van der Waals surface area contributed by atoms with Crippen LogP contribution in [0.5, 0.6) is 0 Å². The number of amides is 1. The maximum Gasteiger partial charge on any atom is 0.224 e. The van der Waals surface area contributed by atoms with Crippen LogP contribution < -0.4 is 5.32 Å². The molecule has 0 radical (unpaired) electrons. The molecule has 0 atom stereocenters. The van der Waals surface area contributed by atoms with E-state index < -0.39 is 0 Å². The molecule has 0 saturated heterocycles. The molecule has 7 heteroatoms. The number of aromatic nitrogens is 2. The molecule has 2 aromatic rings. The highest BCUT2D eigenvalue weighted by Gasteiger charge is 2.25. The molecule has 1 N–H and O–H groups in total. The third-order valence-corrected chi connectivity index (χ3v) is 4.62. The molecule has 1 amide bonds. The van der Waals surface area contributed by atoms with Gasteiger partial charge in [-0.25, -0.2) is 4.99 Å². The van der Waals surface area contributed by atoms with Gasteiger partial charge in [0.2, 0.25) is 11.8 Å². The summed E-state index contributed by atoms with van der Waals surface area (Å²) in [6, 6.07) is 3.91. The van der Waals surface area contributed by atoms with Crippen molar-refractivity contribution < 1.29 is 9.53 Å². The molecule has 2 aromatic heterocycles. The number of allylic oxidation sites excluding steroid dienone is 1. The average Bonchev–Trinajstić information content (AvgIpc) is 3.42. The van der Waals surface area contributed by atoms with E-state index in [1.807, 2.05) is 25.3 Å². The molecule has 0 bridgehead atoms. The van der Waals surface area contributed by atoms with E-state index in [1.165, 1.54) is 6.34 Å². The summed E-state index contributed by atoms with van der Waals surface area (Å²) in [5, 5.41) is 3.02. The lowest BCUT2D eigenvalue weighted by molar-refractivity contribution is -0.116. The van der Waals surface area contributed by atoms with Gasteiger partial charge in [0.25, 0.3) is 0 Å². The topological polar surface area (TPSA) is 80.9 Å². The fourth-order valence-electron chi connectivity index (χ4n) is 3.01. The largest absolute Gasteiger partial charge is 0.481 e. The number of fused-ring (bicyclic) bond motifs is 1. The van der Waals surface area contributed by atoms with Crippen molar-refractivity contribution in [3.05, 3.63) is 36.0 Å². The van der Waals surface area contributed by atoms with Gasteiger partial charge >= 0.3 is 0 Å². The monoisotopic (exact) mass is 367 g/mol. The smallest absolute Gasteiger partial charge is 0.224 e. The van der Waals surface area contributed by atoms with Crippen LogP contribution in [0.4, 0.5) is 5.69 Å². The second-order valence-electron chi connectivity index (χ2n) is 6.77. The van der Waals surface area contributed by atoms with E-state index >= 15 is 0 Å². The standard InChI is InChI=1S/C20H25N5O2/c1-14(20(27-3)23-13-21-2)8-10-25-12-16(19-17(25)5-4-9-22-19)24-18(26)11-15-6-7-15/h4-5,9,12-13,15H,2,6-8,10-11H2,1,3H3,(H,24,26)/b20-14+,23-13-. The van der Waals surface area contributed by atoms with Crippen LogP contribution in [0.25, 0.3) is 11.0 Å². The molecular formula is C20H25N5O2. The molecule has 2 heterocycles. The summed E-state index contributed by atoms with van der Waals surface area (Å²) in [5.41, 5.74) is 3.56. The minimum Gasteiger partial charge on any atom is -0.481 e. The number of hydrogen-bond donors (Lipinski definition) is 1. The van der Waals surface area contributed by atoms with Crippen molar-refractivity contribution >= 4 is 35.7 Å². The molecule has 3 rings (SSSR count). The molecule has 1 aliphatic carbocycles. The molecule has 0 aliphatic heterocycles. The number of pyridine rings is 1. The number of anilines is 1. The van der Waals surface area contributed by atoms with Crippen molar-refractivity contribution in [3.8, 4) is 0 Å². The first-order valence-corrected chi connectivity index (χ1v) is 9.08. The first-order valence-electron chi connectivity index (χ1n) is 9.08. The average molecular weight is 367 g/mol. The quantitative estimate of drug-likeness (QED) is 0.416. The number of carbonyl (C=O) groups is 1. The Morgan fingerprint density at radius 1 is 1.52 bits per heavy atom. The number of ether oxygens (including phenoxy) is 1. The number of nitrogens with one attached hydrogen (secondary N) is 1. The number of nitrogens with zero attached hydrogens (tertiary/aromatic N) is 4. The second kappa shape index (κ2) is 8.62. The van der Waals surface area contributed by atoms with E-state index in [1.54, 1.807) is 13.3 Å². The van der Waals surface area contributed by atoms with Crippen LogP contribution in [0.3, 0.4) is 0 Å². The van der Waals surface area contributed by atoms with Gasteiger partial charge in [0.1, 0.15) is 11.9 Å². The van der Waals surface area contributed by atoms with Crippen LogP contribution in [0.15, 0.2) is 46.0 Å². The number of methoxy groups -OCH3 is 1. The molecule has 0 unspecified atom stereocenters. The Labute approximate surface area is 158 Å². The molecule has 7 nitrogen and oxygen atoms in total. The zero-order valence-electron chi connectivity index (χ0n) is 15.8. The Bertz CT molecular complexity index is 893. The molecular weight excluding hydrogens is 342 g/mol. The first-order chi connectivity index (χ1) is 13.1. The van der Waals surface area contributed by atoms with Crippen LogP contribution in [-0.4, -0.2) is 35.6 Å². The third-order valence-electron chi connectivity index (χ3n) is 4.62. The van der Waals surface area contributed by atoms with Crippen LogP contribution in [0, 0.1) is 5.92 Å². The molecule has 1 saturated carbocycles. The molecule has 0 aromatic carbocycles. The highest BCUT2D eigenvalue weighted by Crippen LogP contribution is 2.33. The van der Waals surface area contributed by atoms with Gasteiger partial charge in [-0.2, -0.15) is 0 Å². The van der Waals surface area contributed by atoms with Crippen molar-refractivity contribution in [2.24, 2.45) is 15.9 Å². The van der Waals surface area contributed by atoms with Gasteiger partial charge < -0.3 is 14.6 Å². The summed E-state index contributed by atoms with van der Waals surface area (Å²) in [4.78, 5) is 24.4. The Balaban J connectivity index is 1.77. The minimum atomic E-state index is 0.0613. The number of hydrogen-bond acceptors (Lipinski definition) is 4. The Kier molecular flexibility index (Phi) is 6.01. The van der Waals surface area contributed by atoms with Gasteiger partial charge in [0, 0.05) is 25.4 Å². The Morgan fingerprint density at radius 3 is 3.04 bits per heavy atom. The van der Waals surface area contributed by atoms with Gasteiger partial charge in [-0.05, 0) is 56.5 Å². The highest BCUT2D eigenvalue weighted by atomic mass is 16.5. The zero-order chi connectivity index (χ0) is 19.2. The molecule has 1 aliphatic rings. The van der Waals surface area contributed by atoms with E-state index in [4.69, 9.17) is 4.74 Å². The fourth-order valence-corrected chi connectivity index (χ4v) is 3.01. The van der Waals surface area contributed by atoms with Crippen LogP contribution in [-0.2, 0) is 16.1 Å². The Morgan fingerprint density at radius 2 is 2.33 bits per heavy atom. The second-order valence-corrected chi connectivity index (χ2v) is 6.77. The normalized spacial score (nSPS) is 15.0. The predicted molar refractivity (Wildman–Crippen MR) is 108 cm³/mol. The molecule has 0 spiro atoms. The van der Waals surface area contributed by atoms with E-state index in [9.17, 15) is 4.79 Å². The van der Waals surface area contributed by atoms with Crippen molar-refractivity contribution in [2.75, 3.05) is 12.4 Å². The summed E-state index contributed by atoms with van der Waals surface area (Å²) in [7, 11) is 1.59. The van der Waals surface area contributed by atoms with E-state index in [0.717, 1.165) is 48.1 Å². The number of aryl methyl sites for hydroxylation is 1. The Hall–Kier alpha value is -2.96. The number of rotatable bonds is 9. The highest BCUT2D eigenvalue weighted by molar-refractivity contribution is 6.00. The summed E-state index contributed by atoms with van der Waals surface area (Å²) in [6.07, 6.45) is 8.71. The van der Waals surface area contributed by atoms with Crippen LogP contribution >= 0.6 is 0 Å². The van der Waals surface area contributed by atoms with E-state index in [2.05, 4.69) is 31.6 Å². The van der Waals surface area contributed by atoms with Gasteiger partial charge in [-0.1, -0.05) is 0 Å². The van der Waals surface area contributed by atoms with Crippen molar-refractivity contribution in [1.82, 2.24) is 9.55 Å². The molecule has 142 valence electrons. The lowest BCUT2D eigenvalue weighted by Crippen LogP contribution is -2.11. The SMILES string of the molecule is C=N/C=N\C(OC)=C(\C)CCn1cc(NC(=O)CC2CC2)c2ncccc21. The van der Waals surface area contributed by atoms with Crippen molar-refractivity contribution in [3.63, 3.8) is 0 Å². The summed E-state index contributed by atoms with van der Waals surface area (Å²) >= 11 is 0.